The standard InChI is InChI=1S/C29H24F9N7O/c1-17-15-44(23-22(29(36,37)38)7-4-12-39-23)13-14-45(17)25-41-24(40-20-10-8-19(9-11-20)27(30,31)32)42-26(43-25)46-16-18-5-2-3-6-21(18)28(33,34)35/h2-12,17H,13-16H2,1H3,(H,40,41,42,43). The summed E-state index contributed by atoms with van der Waals surface area (Å²) in [7, 11) is 0. The second-order valence-corrected chi connectivity index (χ2v) is 10.2. The zero-order chi connectivity index (χ0) is 33.3. The maximum absolute atomic E-state index is 13.6. The van der Waals surface area contributed by atoms with E-state index in [0.717, 1.165) is 36.4 Å². The van der Waals surface area contributed by atoms with Gasteiger partial charge in [-0.1, -0.05) is 18.2 Å². The number of benzene rings is 2. The molecule has 1 saturated heterocycles. The molecule has 2 aromatic carbocycles. The third-order valence-corrected chi connectivity index (χ3v) is 7.03. The fraction of sp³-hybridized carbons (Fsp3) is 0.310. The fourth-order valence-corrected chi connectivity index (χ4v) is 4.85. The van der Waals surface area contributed by atoms with Gasteiger partial charge in [-0.2, -0.15) is 54.5 Å². The Kier molecular flexibility index (Phi) is 8.86. The predicted octanol–water partition coefficient (Wildman–Crippen LogP) is 7.36. The molecular weight excluding hydrogens is 633 g/mol. The molecule has 244 valence electrons. The van der Waals surface area contributed by atoms with Crippen molar-refractivity contribution in [3.05, 3.63) is 89.1 Å². The molecule has 2 aromatic heterocycles. The summed E-state index contributed by atoms with van der Waals surface area (Å²) in [4.78, 5) is 19.7. The Labute approximate surface area is 255 Å². The predicted molar refractivity (Wildman–Crippen MR) is 149 cm³/mol. The molecule has 0 bridgehead atoms. The van der Waals surface area contributed by atoms with Gasteiger partial charge >= 0.3 is 24.5 Å². The Morgan fingerprint density at radius 2 is 1.46 bits per heavy atom. The van der Waals surface area contributed by atoms with Crippen LogP contribution in [0.25, 0.3) is 0 Å². The number of alkyl halides is 9. The first-order valence-corrected chi connectivity index (χ1v) is 13.6. The van der Waals surface area contributed by atoms with Crippen LogP contribution < -0.4 is 19.9 Å². The molecule has 3 heterocycles. The summed E-state index contributed by atoms with van der Waals surface area (Å²) in [5, 5.41) is 2.75. The smallest absolute Gasteiger partial charge is 0.419 e. The summed E-state index contributed by atoms with van der Waals surface area (Å²) < 4.78 is 126. The molecular formula is C29H24F9N7O. The van der Waals surface area contributed by atoms with Gasteiger partial charge in [0.25, 0.3) is 0 Å². The molecule has 1 unspecified atom stereocenters. The zero-order valence-corrected chi connectivity index (χ0v) is 23.7. The number of nitrogens with one attached hydrogen (secondary N) is 1. The number of piperazine rings is 1. The van der Waals surface area contributed by atoms with Crippen LogP contribution >= 0.6 is 0 Å². The quantitative estimate of drug-likeness (QED) is 0.207. The van der Waals surface area contributed by atoms with Crippen molar-refractivity contribution in [3.8, 4) is 6.01 Å². The maximum atomic E-state index is 13.6. The number of rotatable bonds is 7. The minimum Gasteiger partial charge on any atom is -0.458 e. The summed E-state index contributed by atoms with van der Waals surface area (Å²) >= 11 is 0. The number of hydrogen-bond donors (Lipinski definition) is 1. The minimum atomic E-state index is -4.66. The molecule has 1 N–H and O–H groups in total. The van der Waals surface area contributed by atoms with Crippen molar-refractivity contribution in [2.75, 3.05) is 34.8 Å². The van der Waals surface area contributed by atoms with E-state index in [9.17, 15) is 39.5 Å². The molecule has 0 radical (unpaired) electrons. The monoisotopic (exact) mass is 657 g/mol. The number of nitrogens with zero attached hydrogens (tertiary/aromatic N) is 6. The Bertz CT molecular complexity index is 1660. The van der Waals surface area contributed by atoms with Crippen LogP contribution in [0.1, 0.15) is 29.2 Å². The van der Waals surface area contributed by atoms with Crippen LogP contribution in [0.2, 0.25) is 0 Å². The highest BCUT2D eigenvalue weighted by Gasteiger charge is 2.38. The second kappa shape index (κ2) is 12.5. The van der Waals surface area contributed by atoms with Crippen molar-refractivity contribution in [3.63, 3.8) is 0 Å². The van der Waals surface area contributed by atoms with E-state index in [4.69, 9.17) is 4.74 Å². The minimum absolute atomic E-state index is 0.0206. The average molecular weight is 658 g/mol. The summed E-state index contributed by atoms with van der Waals surface area (Å²) in [6.07, 6.45) is -12.6. The van der Waals surface area contributed by atoms with Gasteiger partial charge in [-0.25, -0.2) is 4.98 Å². The highest BCUT2D eigenvalue weighted by atomic mass is 19.4. The summed E-state index contributed by atoms with van der Waals surface area (Å²) in [5.74, 6) is -0.454. The van der Waals surface area contributed by atoms with Crippen molar-refractivity contribution in [2.45, 2.75) is 38.1 Å². The van der Waals surface area contributed by atoms with E-state index in [1.807, 2.05) is 0 Å². The Hall–Kier alpha value is -4.83. The first-order chi connectivity index (χ1) is 21.6. The fourth-order valence-electron chi connectivity index (χ4n) is 4.85. The molecule has 1 aliphatic heterocycles. The van der Waals surface area contributed by atoms with Gasteiger partial charge in [0.05, 0.1) is 16.7 Å². The molecule has 4 aromatic rings. The average Bonchev–Trinajstić information content (AvgIpc) is 2.99. The molecule has 0 saturated carbocycles. The molecule has 5 rings (SSSR count). The highest BCUT2D eigenvalue weighted by Crippen LogP contribution is 2.37. The number of ether oxygens (including phenoxy) is 1. The zero-order valence-electron chi connectivity index (χ0n) is 23.7. The van der Waals surface area contributed by atoms with Gasteiger partial charge in [-0.3, -0.25) is 0 Å². The summed E-state index contributed by atoms with van der Waals surface area (Å²) in [5.41, 5.74) is -2.76. The van der Waals surface area contributed by atoms with E-state index in [1.165, 1.54) is 35.4 Å². The molecule has 0 spiro atoms. The number of halogens is 9. The molecule has 1 aliphatic rings. The van der Waals surface area contributed by atoms with Crippen LogP contribution in [0.15, 0.2) is 66.9 Å². The topological polar surface area (TPSA) is 79.3 Å². The number of hydrogen-bond acceptors (Lipinski definition) is 8. The van der Waals surface area contributed by atoms with Crippen LogP contribution in [0.3, 0.4) is 0 Å². The normalized spacial score (nSPS) is 16.0. The van der Waals surface area contributed by atoms with Gasteiger partial charge in [0.2, 0.25) is 11.9 Å². The summed E-state index contributed by atoms with van der Waals surface area (Å²) in [6, 6.07) is 9.92. The number of aromatic nitrogens is 4. The number of pyridine rings is 1. The third-order valence-electron chi connectivity index (χ3n) is 7.03. The lowest BCUT2D eigenvalue weighted by atomic mass is 10.1. The first-order valence-electron chi connectivity index (χ1n) is 13.6. The molecule has 46 heavy (non-hydrogen) atoms. The van der Waals surface area contributed by atoms with Crippen LogP contribution in [0.4, 0.5) is 62.9 Å². The highest BCUT2D eigenvalue weighted by molar-refractivity contribution is 5.56. The van der Waals surface area contributed by atoms with Gasteiger partial charge in [-0.05, 0) is 49.4 Å². The maximum Gasteiger partial charge on any atom is 0.419 e. The van der Waals surface area contributed by atoms with E-state index < -0.39 is 53.9 Å². The van der Waals surface area contributed by atoms with Gasteiger partial charge in [-0.15, -0.1) is 0 Å². The van der Waals surface area contributed by atoms with E-state index in [0.29, 0.717) is 0 Å². The van der Waals surface area contributed by atoms with Gasteiger partial charge < -0.3 is 19.9 Å². The Morgan fingerprint density at radius 3 is 2.11 bits per heavy atom. The van der Waals surface area contributed by atoms with E-state index in [2.05, 4.69) is 25.3 Å². The van der Waals surface area contributed by atoms with Crippen molar-refractivity contribution < 1.29 is 44.3 Å². The van der Waals surface area contributed by atoms with Crippen molar-refractivity contribution >= 4 is 23.4 Å². The van der Waals surface area contributed by atoms with Crippen molar-refractivity contribution in [2.24, 2.45) is 0 Å². The van der Waals surface area contributed by atoms with Crippen molar-refractivity contribution in [1.82, 2.24) is 19.9 Å². The lowest BCUT2D eigenvalue weighted by Crippen LogP contribution is -2.53. The van der Waals surface area contributed by atoms with E-state index in [-0.39, 0.29) is 48.6 Å². The Balaban J connectivity index is 1.43. The van der Waals surface area contributed by atoms with Gasteiger partial charge in [0.15, 0.2) is 0 Å². The van der Waals surface area contributed by atoms with E-state index >= 15 is 0 Å². The van der Waals surface area contributed by atoms with Gasteiger partial charge in [0, 0.05) is 43.1 Å². The lowest BCUT2D eigenvalue weighted by Gasteiger charge is -2.41. The van der Waals surface area contributed by atoms with Gasteiger partial charge in [0.1, 0.15) is 12.4 Å². The molecule has 0 aliphatic carbocycles. The third kappa shape index (κ3) is 7.51. The molecule has 0 amide bonds. The largest absolute Gasteiger partial charge is 0.458 e. The molecule has 1 fully saturated rings. The summed E-state index contributed by atoms with van der Waals surface area (Å²) in [6.45, 7) is 1.38. The van der Waals surface area contributed by atoms with Crippen LogP contribution in [0, 0.1) is 0 Å². The molecule has 8 nitrogen and oxygen atoms in total. The van der Waals surface area contributed by atoms with E-state index in [1.54, 1.807) is 11.8 Å². The van der Waals surface area contributed by atoms with Crippen molar-refractivity contribution in [1.29, 1.82) is 0 Å². The van der Waals surface area contributed by atoms with Crippen LogP contribution in [-0.2, 0) is 25.1 Å². The Morgan fingerprint density at radius 1 is 0.783 bits per heavy atom. The second-order valence-electron chi connectivity index (χ2n) is 10.2. The van der Waals surface area contributed by atoms with Crippen LogP contribution in [-0.4, -0.2) is 45.6 Å². The lowest BCUT2D eigenvalue weighted by molar-refractivity contribution is -0.139. The SMILES string of the molecule is CC1CN(c2ncccc2C(F)(F)F)CCN1c1nc(Nc2ccc(C(F)(F)F)cc2)nc(OCc2ccccc2C(F)(F)F)n1. The number of anilines is 4. The molecule has 17 heteroatoms. The molecule has 1 atom stereocenters. The first kappa shape index (κ1) is 32.6. The van der Waals surface area contributed by atoms with Crippen LogP contribution in [0.5, 0.6) is 6.01 Å².